The zero-order valence-electron chi connectivity index (χ0n) is 13.6. The zero-order chi connectivity index (χ0) is 16.0. The van der Waals surface area contributed by atoms with Crippen molar-refractivity contribution in [3.8, 4) is 0 Å². The molecule has 0 saturated carbocycles. The lowest BCUT2D eigenvalue weighted by Crippen LogP contribution is -2.48. The third-order valence-electron chi connectivity index (χ3n) is 3.24. The van der Waals surface area contributed by atoms with Crippen LogP contribution in [-0.4, -0.2) is 24.4 Å². The Bertz CT molecular complexity index is 495. The summed E-state index contributed by atoms with van der Waals surface area (Å²) in [6.07, 6.45) is 0. The molecule has 0 aliphatic rings. The van der Waals surface area contributed by atoms with Crippen LogP contribution in [-0.2, 0) is 11.3 Å². The first kappa shape index (κ1) is 20.4. The molecule has 0 saturated heterocycles. The number of hydrogen-bond acceptors (Lipinski definition) is 3. The van der Waals surface area contributed by atoms with E-state index in [2.05, 4.69) is 10.6 Å². The summed E-state index contributed by atoms with van der Waals surface area (Å²) in [4.78, 5) is 23.5. The molecule has 6 heteroatoms. The van der Waals surface area contributed by atoms with E-state index in [0.29, 0.717) is 18.7 Å². The molecule has 0 aromatic heterocycles. The summed E-state index contributed by atoms with van der Waals surface area (Å²) in [5.41, 5.74) is 7.16. The van der Waals surface area contributed by atoms with Crippen LogP contribution in [0.2, 0.25) is 0 Å². The van der Waals surface area contributed by atoms with Crippen molar-refractivity contribution in [2.24, 2.45) is 11.1 Å². The Labute approximate surface area is 138 Å². The second-order valence-electron chi connectivity index (χ2n) is 6.12. The largest absolute Gasteiger partial charge is 0.352 e. The highest BCUT2D eigenvalue weighted by Gasteiger charge is 2.27. The lowest BCUT2D eigenvalue weighted by atomic mass is 9.87. The van der Waals surface area contributed by atoms with E-state index < -0.39 is 6.04 Å². The minimum absolute atomic E-state index is 0. The first-order valence-electron chi connectivity index (χ1n) is 7.16. The Kier molecular flexibility index (Phi) is 8.12. The first-order chi connectivity index (χ1) is 9.75. The normalized spacial score (nSPS) is 12.0. The fraction of sp³-hybridized carbons (Fsp3) is 0.500. The molecule has 0 radical (unpaired) electrons. The fourth-order valence-electron chi connectivity index (χ4n) is 1.73. The van der Waals surface area contributed by atoms with Gasteiger partial charge in [-0.25, -0.2) is 0 Å². The maximum absolute atomic E-state index is 11.9. The van der Waals surface area contributed by atoms with Crippen molar-refractivity contribution >= 4 is 24.2 Å². The van der Waals surface area contributed by atoms with Crippen LogP contribution in [0.4, 0.5) is 0 Å². The minimum Gasteiger partial charge on any atom is -0.352 e. The average Bonchev–Trinajstić information content (AvgIpc) is 2.43. The SMILES string of the molecule is CCNC(=O)c1ccc(CNC(=O)[C@@H](N)C(C)(C)C)cc1.Cl. The molecular weight excluding hydrogens is 302 g/mol. The Morgan fingerprint density at radius 1 is 1.14 bits per heavy atom. The van der Waals surface area contributed by atoms with Crippen LogP contribution in [0.5, 0.6) is 0 Å². The maximum atomic E-state index is 11.9. The monoisotopic (exact) mass is 327 g/mol. The second kappa shape index (κ2) is 8.76. The Balaban J connectivity index is 0.00000441. The quantitative estimate of drug-likeness (QED) is 0.771. The summed E-state index contributed by atoms with van der Waals surface area (Å²) < 4.78 is 0. The van der Waals surface area contributed by atoms with Crippen LogP contribution in [0.25, 0.3) is 0 Å². The third kappa shape index (κ3) is 6.03. The molecule has 0 bridgehead atoms. The second-order valence-corrected chi connectivity index (χ2v) is 6.12. The van der Waals surface area contributed by atoms with Crippen molar-refractivity contribution < 1.29 is 9.59 Å². The van der Waals surface area contributed by atoms with Gasteiger partial charge in [-0.1, -0.05) is 32.9 Å². The molecule has 22 heavy (non-hydrogen) atoms. The number of rotatable bonds is 5. The van der Waals surface area contributed by atoms with Gasteiger partial charge < -0.3 is 16.4 Å². The molecule has 1 aromatic carbocycles. The predicted octanol–water partition coefficient (Wildman–Crippen LogP) is 1.85. The van der Waals surface area contributed by atoms with E-state index in [1.54, 1.807) is 12.1 Å². The summed E-state index contributed by atoms with van der Waals surface area (Å²) in [6.45, 7) is 8.66. The molecule has 1 rings (SSSR count). The third-order valence-corrected chi connectivity index (χ3v) is 3.24. The number of carbonyl (C=O) groups is 2. The van der Waals surface area contributed by atoms with Crippen molar-refractivity contribution in [3.05, 3.63) is 35.4 Å². The van der Waals surface area contributed by atoms with Crippen molar-refractivity contribution in [2.75, 3.05) is 6.54 Å². The molecule has 4 N–H and O–H groups in total. The van der Waals surface area contributed by atoms with Crippen molar-refractivity contribution in [2.45, 2.75) is 40.3 Å². The topological polar surface area (TPSA) is 84.2 Å². The van der Waals surface area contributed by atoms with Crippen LogP contribution < -0.4 is 16.4 Å². The molecule has 0 heterocycles. The molecule has 124 valence electrons. The fourth-order valence-corrected chi connectivity index (χ4v) is 1.73. The molecule has 0 unspecified atom stereocenters. The van der Waals surface area contributed by atoms with Gasteiger partial charge in [-0.2, -0.15) is 0 Å². The van der Waals surface area contributed by atoms with E-state index >= 15 is 0 Å². The molecule has 5 nitrogen and oxygen atoms in total. The minimum atomic E-state index is -0.549. The lowest BCUT2D eigenvalue weighted by Gasteiger charge is -2.25. The molecule has 0 fully saturated rings. The highest BCUT2D eigenvalue weighted by atomic mass is 35.5. The molecule has 1 atom stereocenters. The van der Waals surface area contributed by atoms with E-state index in [1.807, 2.05) is 39.8 Å². The van der Waals surface area contributed by atoms with Gasteiger partial charge in [0.1, 0.15) is 0 Å². The smallest absolute Gasteiger partial charge is 0.251 e. The van der Waals surface area contributed by atoms with Gasteiger partial charge in [-0.05, 0) is 30.0 Å². The van der Waals surface area contributed by atoms with E-state index in [0.717, 1.165) is 5.56 Å². The van der Waals surface area contributed by atoms with Crippen LogP contribution in [0, 0.1) is 5.41 Å². The Morgan fingerprint density at radius 3 is 2.14 bits per heavy atom. The van der Waals surface area contributed by atoms with Crippen molar-refractivity contribution in [1.29, 1.82) is 0 Å². The van der Waals surface area contributed by atoms with Gasteiger partial charge in [0.15, 0.2) is 0 Å². The first-order valence-corrected chi connectivity index (χ1v) is 7.16. The van der Waals surface area contributed by atoms with Gasteiger partial charge >= 0.3 is 0 Å². The summed E-state index contributed by atoms with van der Waals surface area (Å²) in [6, 6.07) is 6.60. The number of nitrogens with two attached hydrogens (primary N) is 1. The van der Waals surface area contributed by atoms with Gasteiger partial charge in [0.2, 0.25) is 5.91 Å². The van der Waals surface area contributed by atoms with E-state index in [1.165, 1.54) is 0 Å². The Hall–Kier alpha value is -1.59. The van der Waals surface area contributed by atoms with Crippen LogP contribution >= 0.6 is 12.4 Å². The molecule has 2 amide bonds. The highest BCUT2D eigenvalue weighted by molar-refractivity contribution is 5.94. The number of amides is 2. The van der Waals surface area contributed by atoms with Crippen molar-refractivity contribution in [1.82, 2.24) is 10.6 Å². The van der Waals surface area contributed by atoms with Crippen LogP contribution in [0.3, 0.4) is 0 Å². The molecule has 0 aliphatic heterocycles. The van der Waals surface area contributed by atoms with E-state index in [4.69, 9.17) is 5.73 Å². The van der Waals surface area contributed by atoms with Gasteiger partial charge in [-0.15, -0.1) is 12.4 Å². The molecular formula is C16H26ClN3O2. The van der Waals surface area contributed by atoms with Crippen LogP contribution in [0.15, 0.2) is 24.3 Å². The van der Waals surface area contributed by atoms with Gasteiger partial charge in [0, 0.05) is 18.7 Å². The zero-order valence-corrected chi connectivity index (χ0v) is 14.4. The number of benzene rings is 1. The van der Waals surface area contributed by atoms with Gasteiger partial charge in [-0.3, -0.25) is 9.59 Å². The maximum Gasteiger partial charge on any atom is 0.251 e. The van der Waals surface area contributed by atoms with E-state index in [-0.39, 0.29) is 29.6 Å². The van der Waals surface area contributed by atoms with E-state index in [9.17, 15) is 9.59 Å². The number of nitrogens with one attached hydrogen (secondary N) is 2. The summed E-state index contributed by atoms with van der Waals surface area (Å²) in [5, 5.41) is 5.55. The summed E-state index contributed by atoms with van der Waals surface area (Å²) in [7, 11) is 0. The highest BCUT2D eigenvalue weighted by Crippen LogP contribution is 2.17. The lowest BCUT2D eigenvalue weighted by molar-refractivity contribution is -0.124. The average molecular weight is 328 g/mol. The number of carbonyl (C=O) groups excluding carboxylic acids is 2. The van der Waals surface area contributed by atoms with Gasteiger partial charge in [0.05, 0.1) is 6.04 Å². The predicted molar refractivity (Wildman–Crippen MR) is 91.0 cm³/mol. The molecule has 0 spiro atoms. The number of hydrogen-bond donors (Lipinski definition) is 3. The summed E-state index contributed by atoms with van der Waals surface area (Å²) >= 11 is 0. The number of halogens is 1. The van der Waals surface area contributed by atoms with Gasteiger partial charge in [0.25, 0.3) is 5.91 Å². The standard InChI is InChI=1S/C16H25N3O2.ClH/c1-5-18-14(20)12-8-6-11(7-9-12)10-19-15(21)13(17)16(2,3)4;/h6-9,13H,5,10,17H2,1-4H3,(H,18,20)(H,19,21);1H/t13-;/m1./s1. The molecule has 0 aliphatic carbocycles. The molecule has 1 aromatic rings. The summed E-state index contributed by atoms with van der Waals surface area (Å²) in [5.74, 6) is -0.266. The Morgan fingerprint density at radius 2 is 1.68 bits per heavy atom. The van der Waals surface area contributed by atoms with Crippen LogP contribution in [0.1, 0.15) is 43.6 Å². The van der Waals surface area contributed by atoms with Crippen molar-refractivity contribution in [3.63, 3.8) is 0 Å².